The Labute approximate surface area is 342 Å². The Morgan fingerprint density at radius 1 is 0.439 bits per heavy atom. The minimum absolute atomic E-state index is 0.145. The molecule has 268 valence electrons. The molecule has 9 aromatic carbocycles. The first kappa shape index (κ1) is 28.2. The van der Waals surface area contributed by atoms with Crippen LogP contribution in [-0.4, -0.2) is 4.57 Å². The van der Waals surface area contributed by atoms with Crippen molar-refractivity contribution in [2.45, 2.75) is 0 Å². The molecule has 11 rings (SSSR count). The Morgan fingerprint density at radius 2 is 0.930 bits per heavy atom. The highest BCUT2D eigenvalue weighted by molar-refractivity contribution is 7.26. The van der Waals surface area contributed by atoms with Crippen molar-refractivity contribution < 1.29 is 6.85 Å². The second-order valence-corrected chi connectivity index (χ2v) is 15.2. The van der Waals surface area contributed by atoms with Crippen molar-refractivity contribution in [2.24, 2.45) is 0 Å². The van der Waals surface area contributed by atoms with Crippen LogP contribution in [0.25, 0.3) is 81.0 Å². The lowest BCUT2D eigenvalue weighted by Gasteiger charge is -2.26. The van der Waals surface area contributed by atoms with E-state index in [4.69, 9.17) is 6.85 Å². The van der Waals surface area contributed by atoms with E-state index >= 15 is 0 Å². The number of benzene rings is 9. The molecule has 0 radical (unpaired) electrons. The van der Waals surface area contributed by atoms with E-state index in [1.54, 1.807) is 11.3 Å². The fourth-order valence-corrected chi connectivity index (χ4v) is 9.52. The largest absolute Gasteiger partial charge is 0.311 e. The monoisotopic (exact) mass is 749 g/mol. The standard InChI is InChI=1S/C54H36N2S/c1-4-14-37(15-5-1)39-24-30-43(31-25-39)55(44-32-26-40(27-33-44)38-16-6-2-7-17-38)45-34-28-41(29-35-45)48-36-49-46-20-10-12-22-50(46)56(42-18-8-3-9-19-42)53(49)54-52(48)47-21-11-13-23-51(47)57-54/h1-36H/i3D,8D,9D,18D,19D. The molecule has 2 nitrogen and oxygen atoms in total. The summed E-state index contributed by atoms with van der Waals surface area (Å²) in [6.07, 6.45) is 0. The number of hydrogen-bond donors (Lipinski definition) is 0. The van der Waals surface area contributed by atoms with E-state index in [0.29, 0.717) is 0 Å². The highest BCUT2D eigenvalue weighted by atomic mass is 32.1. The summed E-state index contributed by atoms with van der Waals surface area (Å²) in [6, 6.07) is 64.0. The molecule has 2 heterocycles. The summed E-state index contributed by atoms with van der Waals surface area (Å²) in [4.78, 5) is 2.29. The average molecular weight is 750 g/mol. The van der Waals surface area contributed by atoms with Crippen molar-refractivity contribution in [3.05, 3.63) is 218 Å². The molecule has 0 unspecified atom stereocenters. The molecule has 0 aliphatic rings. The number of para-hydroxylation sites is 2. The van der Waals surface area contributed by atoms with Crippen LogP contribution in [0.4, 0.5) is 17.1 Å². The molecule has 0 spiro atoms. The summed E-state index contributed by atoms with van der Waals surface area (Å²) < 4.78 is 47.5. The molecule has 0 aliphatic heterocycles. The van der Waals surface area contributed by atoms with Gasteiger partial charge in [0.15, 0.2) is 0 Å². The van der Waals surface area contributed by atoms with Gasteiger partial charge in [0.25, 0.3) is 0 Å². The predicted octanol–water partition coefficient (Wildman–Crippen LogP) is 15.6. The summed E-state index contributed by atoms with van der Waals surface area (Å²) in [5.41, 5.74) is 11.6. The Balaban J connectivity index is 1.10. The predicted molar refractivity (Wildman–Crippen MR) is 245 cm³/mol. The SMILES string of the molecule is [2H]c1c([2H])c([2H])c(-n2c3ccccc3c3cc(-c4ccc(N(c5ccc(-c6ccccc6)cc5)c5ccc(-c6ccccc6)cc5)cc4)c4c5ccccc5sc4c32)c([2H])c1[2H]. The first-order valence-corrected chi connectivity index (χ1v) is 19.8. The van der Waals surface area contributed by atoms with Gasteiger partial charge in [0.1, 0.15) is 0 Å². The van der Waals surface area contributed by atoms with Gasteiger partial charge < -0.3 is 9.47 Å². The summed E-state index contributed by atoms with van der Waals surface area (Å²) in [6.45, 7) is 0. The van der Waals surface area contributed by atoms with Gasteiger partial charge in [-0.2, -0.15) is 0 Å². The van der Waals surface area contributed by atoms with Crippen molar-refractivity contribution in [1.82, 2.24) is 4.57 Å². The van der Waals surface area contributed by atoms with Gasteiger partial charge in [0, 0.05) is 49.0 Å². The van der Waals surface area contributed by atoms with Gasteiger partial charge in [-0.05, 0) is 100 Å². The van der Waals surface area contributed by atoms with Crippen LogP contribution in [0, 0.1) is 0 Å². The molecule has 0 saturated heterocycles. The lowest BCUT2D eigenvalue weighted by molar-refractivity contribution is 1.19. The molecule has 57 heavy (non-hydrogen) atoms. The van der Waals surface area contributed by atoms with E-state index in [1.807, 2.05) is 41.0 Å². The maximum atomic E-state index is 9.04. The summed E-state index contributed by atoms with van der Waals surface area (Å²) in [7, 11) is 0. The maximum absolute atomic E-state index is 9.04. The fraction of sp³-hybridized carbons (Fsp3) is 0. The van der Waals surface area contributed by atoms with Crippen molar-refractivity contribution in [3.63, 3.8) is 0 Å². The van der Waals surface area contributed by atoms with E-state index in [0.717, 1.165) is 81.3 Å². The van der Waals surface area contributed by atoms with Gasteiger partial charge in [0.2, 0.25) is 0 Å². The number of anilines is 3. The third-order valence-electron chi connectivity index (χ3n) is 10.9. The molecule has 11 aromatic rings. The number of aromatic nitrogens is 1. The van der Waals surface area contributed by atoms with E-state index in [9.17, 15) is 0 Å². The average Bonchev–Trinajstić information content (AvgIpc) is 3.88. The van der Waals surface area contributed by atoms with Gasteiger partial charge in [-0.25, -0.2) is 0 Å². The van der Waals surface area contributed by atoms with Crippen LogP contribution in [0.15, 0.2) is 218 Å². The zero-order valence-electron chi connectivity index (χ0n) is 35.7. The van der Waals surface area contributed by atoms with Crippen molar-refractivity contribution in [1.29, 1.82) is 0 Å². The Morgan fingerprint density at radius 3 is 1.53 bits per heavy atom. The Kier molecular flexibility index (Phi) is 6.85. The number of hydrogen-bond acceptors (Lipinski definition) is 2. The number of fused-ring (bicyclic) bond motifs is 7. The molecular weight excluding hydrogens is 709 g/mol. The van der Waals surface area contributed by atoms with Crippen LogP contribution in [-0.2, 0) is 0 Å². The number of rotatable bonds is 7. The lowest BCUT2D eigenvalue weighted by Crippen LogP contribution is -2.09. The smallest absolute Gasteiger partial charge is 0.0720 e. The van der Waals surface area contributed by atoms with Crippen LogP contribution in [0.3, 0.4) is 0 Å². The van der Waals surface area contributed by atoms with Crippen LogP contribution >= 0.6 is 11.3 Å². The van der Waals surface area contributed by atoms with Crippen molar-refractivity contribution >= 4 is 70.4 Å². The van der Waals surface area contributed by atoms with Crippen LogP contribution < -0.4 is 4.90 Å². The molecule has 0 atom stereocenters. The van der Waals surface area contributed by atoms with Gasteiger partial charge in [-0.15, -0.1) is 11.3 Å². The fourth-order valence-electron chi connectivity index (χ4n) is 8.25. The number of thiophene rings is 1. The van der Waals surface area contributed by atoms with Crippen LogP contribution in [0.1, 0.15) is 6.85 Å². The summed E-state index contributed by atoms with van der Waals surface area (Å²) >= 11 is 1.67. The molecule has 0 fully saturated rings. The second kappa shape index (κ2) is 13.8. The molecule has 0 saturated carbocycles. The number of nitrogens with zero attached hydrogens (tertiary/aromatic N) is 2. The molecule has 0 bridgehead atoms. The van der Waals surface area contributed by atoms with Gasteiger partial charge in [0.05, 0.1) is 22.6 Å². The summed E-state index contributed by atoms with van der Waals surface area (Å²) in [5, 5.41) is 4.05. The molecule has 3 heteroatoms. The molecule has 0 amide bonds. The highest BCUT2D eigenvalue weighted by Crippen LogP contribution is 2.48. The molecule has 0 aliphatic carbocycles. The van der Waals surface area contributed by atoms with Crippen LogP contribution in [0.5, 0.6) is 0 Å². The highest BCUT2D eigenvalue weighted by Gasteiger charge is 2.22. The molecule has 0 N–H and O–H groups in total. The first-order chi connectivity index (χ1) is 30.4. The Bertz CT molecular complexity index is 3380. The quantitative estimate of drug-likeness (QED) is 0.158. The van der Waals surface area contributed by atoms with E-state index in [2.05, 4.69) is 157 Å². The maximum Gasteiger partial charge on any atom is 0.0720 e. The third kappa shape index (κ3) is 5.71. The normalized spacial score (nSPS) is 12.7. The van der Waals surface area contributed by atoms with Gasteiger partial charge >= 0.3 is 0 Å². The summed E-state index contributed by atoms with van der Waals surface area (Å²) in [5.74, 6) is 0. The van der Waals surface area contributed by atoms with E-state index in [-0.39, 0.29) is 29.9 Å². The van der Waals surface area contributed by atoms with Gasteiger partial charge in [-0.1, -0.05) is 152 Å². The third-order valence-corrected chi connectivity index (χ3v) is 12.1. The second-order valence-electron chi connectivity index (χ2n) is 14.2. The topological polar surface area (TPSA) is 8.17 Å². The van der Waals surface area contributed by atoms with E-state index < -0.39 is 6.04 Å². The van der Waals surface area contributed by atoms with Crippen molar-refractivity contribution in [3.8, 4) is 39.1 Å². The first-order valence-electron chi connectivity index (χ1n) is 21.5. The zero-order chi connectivity index (χ0) is 42.1. The van der Waals surface area contributed by atoms with Gasteiger partial charge in [-0.3, -0.25) is 0 Å². The lowest BCUT2D eigenvalue weighted by atomic mass is 9.96. The Hall–Kier alpha value is -7.20. The molecular formula is C54H36N2S. The minimum atomic E-state index is -0.408. The van der Waals surface area contributed by atoms with E-state index in [1.165, 1.54) is 11.1 Å². The van der Waals surface area contributed by atoms with Crippen molar-refractivity contribution in [2.75, 3.05) is 4.90 Å². The zero-order valence-corrected chi connectivity index (χ0v) is 31.5. The molecule has 2 aromatic heterocycles. The van der Waals surface area contributed by atoms with Crippen LogP contribution in [0.2, 0.25) is 0 Å². The minimum Gasteiger partial charge on any atom is -0.311 e.